The quantitative estimate of drug-likeness (QED) is 0.822. The number of amides is 1. The summed E-state index contributed by atoms with van der Waals surface area (Å²) in [6, 6.07) is 5.08. The number of ether oxygens (including phenoxy) is 1. The van der Waals surface area contributed by atoms with Gasteiger partial charge in [-0.25, -0.2) is 4.79 Å². The number of anilines is 1. The normalized spacial score (nSPS) is 18.6. The number of carbonyl (C=O) groups excluding carboxylic acids is 1. The summed E-state index contributed by atoms with van der Waals surface area (Å²) in [7, 11) is 0. The molecule has 6 heteroatoms. The highest BCUT2D eigenvalue weighted by atomic mass is 16.5. The number of benzene rings is 1. The van der Waals surface area contributed by atoms with Crippen molar-refractivity contribution in [2.75, 3.05) is 31.6 Å². The van der Waals surface area contributed by atoms with Crippen molar-refractivity contribution in [3.05, 3.63) is 39.7 Å². The van der Waals surface area contributed by atoms with Gasteiger partial charge < -0.3 is 19.8 Å². The molecular weight excluding hydrogens is 296 g/mol. The lowest BCUT2D eigenvalue weighted by molar-refractivity contribution is -0.121. The molecule has 1 saturated heterocycles. The first-order chi connectivity index (χ1) is 11.0. The average molecular weight is 316 g/mol. The Hall–Kier alpha value is -2.18. The minimum absolute atomic E-state index is 0.0723. The van der Waals surface area contributed by atoms with Gasteiger partial charge in [-0.1, -0.05) is 0 Å². The molecule has 23 heavy (non-hydrogen) atoms. The highest BCUT2D eigenvalue weighted by Gasteiger charge is 2.21. The third-order valence-electron chi connectivity index (χ3n) is 4.06. The topological polar surface area (TPSA) is 80.6 Å². The maximum absolute atomic E-state index is 12.4. The van der Waals surface area contributed by atoms with Crippen LogP contribution in [-0.4, -0.2) is 32.2 Å². The molecule has 0 aliphatic carbocycles. The van der Waals surface area contributed by atoms with Crippen molar-refractivity contribution < 1.29 is 13.9 Å². The monoisotopic (exact) mass is 316 g/mol. The molecule has 0 spiro atoms. The fourth-order valence-corrected chi connectivity index (χ4v) is 2.71. The summed E-state index contributed by atoms with van der Waals surface area (Å²) < 4.78 is 10.6. The largest absolute Gasteiger partial charge is 0.423 e. The van der Waals surface area contributed by atoms with Gasteiger partial charge in [-0.3, -0.25) is 4.79 Å². The van der Waals surface area contributed by atoms with Gasteiger partial charge in [-0.05, 0) is 37.1 Å². The number of aryl methyl sites for hydroxylation is 2. The van der Waals surface area contributed by atoms with Crippen LogP contribution in [0.1, 0.15) is 11.1 Å². The molecule has 122 valence electrons. The zero-order valence-corrected chi connectivity index (χ0v) is 13.3. The molecule has 2 heterocycles. The zero-order chi connectivity index (χ0) is 16.4. The molecule has 1 aliphatic heterocycles. The molecule has 3 rings (SSSR count). The van der Waals surface area contributed by atoms with Crippen LogP contribution in [0.2, 0.25) is 0 Å². The highest BCUT2D eigenvalue weighted by Crippen LogP contribution is 2.25. The summed E-state index contributed by atoms with van der Waals surface area (Å²) in [6.07, 6.45) is 0. The molecule has 1 aliphatic rings. The number of nitrogens with one attached hydrogen (secondary N) is 2. The van der Waals surface area contributed by atoms with E-state index in [1.54, 1.807) is 6.07 Å². The van der Waals surface area contributed by atoms with Crippen molar-refractivity contribution in [1.82, 2.24) is 5.32 Å². The van der Waals surface area contributed by atoms with Gasteiger partial charge in [-0.2, -0.15) is 0 Å². The van der Waals surface area contributed by atoms with E-state index in [2.05, 4.69) is 10.6 Å². The van der Waals surface area contributed by atoms with Crippen LogP contribution in [0, 0.1) is 19.8 Å². The first-order valence-electron chi connectivity index (χ1n) is 7.69. The van der Waals surface area contributed by atoms with E-state index in [1.807, 2.05) is 19.9 Å². The van der Waals surface area contributed by atoms with Crippen LogP contribution in [0.4, 0.5) is 5.69 Å². The van der Waals surface area contributed by atoms with E-state index in [0.717, 1.165) is 28.7 Å². The Morgan fingerprint density at radius 1 is 1.26 bits per heavy atom. The fourth-order valence-electron chi connectivity index (χ4n) is 2.71. The maximum atomic E-state index is 12.4. The van der Waals surface area contributed by atoms with Gasteiger partial charge in [0.1, 0.15) is 5.58 Å². The van der Waals surface area contributed by atoms with Gasteiger partial charge in [0.05, 0.1) is 19.1 Å². The Labute approximate surface area is 133 Å². The molecule has 1 atom stereocenters. The molecule has 0 bridgehead atoms. The molecular formula is C17H20N2O4. The molecule has 1 unspecified atom stereocenters. The van der Waals surface area contributed by atoms with Crippen molar-refractivity contribution >= 4 is 22.6 Å². The summed E-state index contributed by atoms with van der Waals surface area (Å²) in [6.45, 7) is 6.13. The van der Waals surface area contributed by atoms with Crippen LogP contribution in [0.3, 0.4) is 0 Å². The van der Waals surface area contributed by atoms with Crippen molar-refractivity contribution in [3.63, 3.8) is 0 Å². The van der Waals surface area contributed by atoms with Crippen molar-refractivity contribution in [1.29, 1.82) is 0 Å². The van der Waals surface area contributed by atoms with Crippen LogP contribution in [0.25, 0.3) is 11.0 Å². The number of fused-ring (bicyclic) bond motifs is 1. The summed E-state index contributed by atoms with van der Waals surface area (Å²) in [5.74, 6) is -0.292. The van der Waals surface area contributed by atoms with Crippen molar-refractivity contribution in [3.8, 4) is 0 Å². The zero-order valence-electron chi connectivity index (χ0n) is 13.3. The van der Waals surface area contributed by atoms with Gasteiger partial charge in [0.2, 0.25) is 5.91 Å². The lowest BCUT2D eigenvalue weighted by Gasteiger charge is -2.16. The van der Waals surface area contributed by atoms with Gasteiger partial charge in [0.25, 0.3) is 0 Å². The molecule has 0 saturated carbocycles. The minimum Gasteiger partial charge on any atom is -0.423 e. The Balaban J connectivity index is 1.88. The molecule has 1 amide bonds. The Morgan fingerprint density at radius 3 is 2.91 bits per heavy atom. The standard InChI is InChI=1S/C17H20N2O4/c1-10-6-16(20)23-15-5-11(2)14(7-13(10)15)19-17(21)12-8-18-3-4-22-9-12/h5-7,12,18H,3-4,8-9H2,1-2H3,(H,19,21). The molecule has 6 nitrogen and oxygen atoms in total. The lowest BCUT2D eigenvalue weighted by atomic mass is 10.1. The third-order valence-corrected chi connectivity index (χ3v) is 4.06. The van der Waals surface area contributed by atoms with E-state index >= 15 is 0 Å². The van der Waals surface area contributed by atoms with Crippen LogP contribution in [0.15, 0.2) is 27.4 Å². The van der Waals surface area contributed by atoms with Crippen LogP contribution >= 0.6 is 0 Å². The average Bonchev–Trinajstić information content (AvgIpc) is 2.77. The molecule has 1 aromatic carbocycles. The van der Waals surface area contributed by atoms with Crippen LogP contribution in [-0.2, 0) is 9.53 Å². The van der Waals surface area contributed by atoms with E-state index in [-0.39, 0.29) is 17.5 Å². The molecule has 2 N–H and O–H groups in total. The summed E-state index contributed by atoms with van der Waals surface area (Å²) in [5.41, 5.74) is 2.56. The summed E-state index contributed by atoms with van der Waals surface area (Å²) in [5, 5.41) is 6.97. The SMILES string of the molecule is Cc1cc2oc(=O)cc(C)c2cc1NC(=O)C1CNCCOC1. The minimum atomic E-state index is -0.368. The van der Waals surface area contributed by atoms with Crippen LogP contribution < -0.4 is 16.3 Å². The molecule has 1 aromatic heterocycles. The Morgan fingerprint density at radius 2 is 2.09 bits per heavy atom. The van der Waals surface area contributed by atoms with E-state index in [4.69, 9.17) is 9.15 Å². The predicted octanol–water partition coefficient (Wildman–Crippen LogP) is 1.58. The third kappa shape index (κ3) is 3.43. The molecule has 1 fully saturated rings. The van der Waals surface area contributed by atoms with Crippen molar-refractivity contribution in [2.45, 2.75) is 13.8 Å². The first kappa shape index (κ1) is 15.7. The number of carbonyl (C=O) groups is 1. The maximum Gasteiger partial charge on any atom is 0.336 e. The molecule has 0 radical (unpaired) electrons. The second-order valence-corrected chi connectivity index (χ2v) is 5.88. The van der Waals surface area contributed by atoms with E-state index in [0.29, 0.717) is 25.3 Å². The Kier molecular flexibility index (Phi) is 4.45. The van der Waals surface area contributed by atoms with Gasteiger partial charge in [0, 0.05) is 30.2 Å². The second kappa shape index (κ2) is 6.52. The summed E-state index contributed by atoms with van der Waals surface area (Å²) >= 11 is 0. The Bertz CT molecular complexity index is 789. The molecule has 2 aromatic rings. The van der Waals surface area contributed by atoms with E-state index in [1.165, 1.54) is 6.07 Å². The smallest absolute Gasteiger partial charge is 0.336 e. The number of hydrogen-bond donors (Lipinski definition) is 2. The van der Waals surface area contributed by atoms with Crippen LogP contribution in [0.5, 0.6) is 0 Å². The lowest BCUT2D eigenvalue weighted by Crippen LogP contribution is -2.33. The van der Waals surface area contributed by atoms with E-state index in [9.17, 15) is 9.59 Å². The number of hydrogen-bond acceptors (Lipinski definition) is 5. The number of rotatable bonds is 2. The van der Waals surface area contributed by atoms with Gasteiger partial charge in [-0.15, -0.1) is 0 Å². The fraction of sp³-hybridized carbons (Fsp3) is 0.412. The summed E-state index contributed by atoms with van der Waals surface area (Å²) in [4.78, 5) is 23.9. The van der Waals surface area contributed by atoms with Gasteiger partial charge in [0.15, 0.2) is 0 Å². The first-order valence-corrected chi connectivity index (χ1v) is 7.69. The van der Waals surface area contributed by atoms with Gasteiger partial charge >= 0.3 is 5.63 Å². The predicted molar refractivity (Wildman–Crippen MR) is 87.8 cm³/mol. The van der Waals surface area contributed by atoms with E-state index < -0.39 is 0 Å². The van der Waals surface area contributed by atoms with Crippen molar-refractivity contribution in [2.24, 2.45) is 5.92 Å². The second-order valence-electron chi connectivity index (χ2n) is 5.88. The highest BCUT2D eigenvalue weighted by molar-refractivity contribution is 5.96.